The largest absolute Gasteiger partial charge is 0.349 e. The fourth-order valence-corrected chi connectivity index (χ4v) is 5.48. The van der Waals surface area contributed by atoms with E-state index in [1.165, 1.54) is 0 Å². The number of Topliss-reactive ketones (excluding diaryl/α,β-unsaturated/α-hetero) is 2. The van der Waals surface area contributed by atoms with E-state index in [2.05, 4.69) is 0 Å². The molecule has 0 unspecified atom stereocenters. The minimum atomic E-state index is -2.04. The summed E-state index contributed by atoms with van der Waals surface area (Å²) in [5.74, 6) is -4.36. The molecule has 1 spiro atoms. The Balaban J connectivity index is 1.56. The molecule has 1 aliphatic carbocycles. The summed E-state index contributed by atoms with van der Waals surface area (Å²) in [6.07, 6.45) is -0.898. The summed E-state index contributed by atoms with van der Waals surface area (Å²) in [5, 5.41) is 0. The zero-order valence-corrected chi connectivity index (χ0v) is 17.7. The number of amides is 2. The van der Waals surface area contributed by atoms with E-state index in [1.54, 1.807) is 66.7 Å². The molecule has 3 aromatic carbocycles. The van der Waals surface area contributed by atoms with Gasteiger partial charge in [-0.15, -0.1) is 0 Å². The third-order valence-electron chi connectivity index (χ3n) is 6.91. The van der Waals surface area contributed by atoms with E-state index < -0.39 is 46.9 Å². The first-order valence-corrected chi connectivity index (χ1v) is 10.8. The third-order valence-corrected chi connectivity index (χ3v) is 6.91. The average Bonchev–Trinajstić information content (AvgIpc) is 3.40. The number of hydrogen-bond donors (Lipinski definition) is 0. The number of carbonyl (C=O) groups excluding carboxylic acids is 4. The second kappa shape index (κ2) is 6.80. The van der Waals surface area contributed by atoms with Crippen molar-refractivity contribution in [2.24, 2.45) is 11.8 Å². The first-order valence-electron chi connectivity index (χ1n) is 10.8. The van der Waals surface area contributed by atoms with Crippen LogP contribution in [0, 0.1) is 18.8 Å². The molecule has 6 rings (SSSR count). The van der Waals surface area contributed by atoms with Gasteiger partial charge in [0.25, 0.3) is 0 Å². The normalized spacial score (nSPS) is 25.1. The van der Waals surface area contributed by atoms with Crippen molar-refractivity contribution in [3.8, 4) is 0 Å². The fraction of sp³-hybridized carbons (Fsp3) is 0.185. The Labute approximate surface area is 189 Å². The zero-order valence-electron chi connectivity index (χ0n) is 17.7. The quantitative estimate of drug-likeness (QED) is 0.451. The molecule has 0 saturated carbocycles. The van der Waals surface area contributed by atoms with Crippen LogP contribution >= 0.6 is 0 Å². The first kappa shape index (κ1) is 19.8. The van der Waals surface area contributed by atoms with E-state index in [1.807, 2.05) is 19.1 Å². The molecule has 6 nitrogen and oxygen atoms in total. The van der Waals surface area contributed by atoms with Crippen LogP contribution < -0.4 is 4.90 Å². The van der Waals surface area contributed by atoms with Gasteiger partial charge in [-0.25, -0.2) is 4.90 Å². The van der Waals surface area contributed by atoms with Crippen LogP contribution in [0.1, 0.15) is 37.9 Å². The lowest BCUT2D eigenvalue weighted by molar-refractivity contribution is -0.127. The van der Waals surface area contributed by atoms with Crippen LogP contribution in [0.15, 0.2) is 78.9 Å². The molecule has 162 valence electrons. The van der Waals surface area contributed by atoms with Crippen molar-refractivity contribution < 1.29 is 23.9 Å². The second-order valence-electron chi connectivity index (χ2n) is 8.74. The number of nitrogens with zero attached hydrogens (tertiary/aromatic N) is 1. The van der Waals surface area contributed by atoms with Gasteiger partial charge in [0.05, 0.1) is 23.6 Å². The Kier molecular flexibility index (Phi) is 4.07. The van der Waals surface area contributed by atoms with E-state index in [9.17, 15) is 19.2 Å². The maximum Gasteiger partial charge on any atom is 0.241 e. The number of fused-ring (bicyclic) bond motifs is 3. The first-order chi connectivity index (χ1) is 15.9. The molecule has 33 heavy (non-hydrogen) atoms. The minimum absolute atomic E-state index is 0.226. The Morgan fingerprint density at radius 1 is 0.758 bits per heavy atom. The van der Waals surface area contributed by atoms with Gasteiger partial charge in [0, 0.05) is 11.1 Å². The maximum absolute atomic E-state index is 13.8. The lowest BCUT2D eigenvalue weighted by Crippen LogP contribution is -2.51. The highest BCUT2D eigenvalue weighted by Gasteiger charge is 2.74. The zero-order chi connectivity index (χ0) is 22.9. The molecule has 3 atom stereocenters. The molecule has 2 aliphatic heterocycles. The highest BCUT2D eigenvalue weighted by atomic mass is 16.5. The predicted molar refractivity (Wildman–Crippen MR) is 119 cm³/mol. The number of imide groups is 1. The molecule has 2 amide bonds. The molecular weight excluding hydrogens is 418 g/mol. The Morgan fingerprint density at radius 3 is 2.03 bits per heavy atom. The fourth-order valence-electron chi connectivity index (χ4n) is 5.48. The maximum atomic E-state index is 13.8. The SMILES string of the molecule is Cc1cccc(N2C(=O)[C@@H]3[C@@H](c4ccccc4)OC4(C(=O)c5ccccc5C4=O)[C@H]3C2=O)c1. The summed E-state index contributed by atoms with van der Waals surface area (Å²) in [4.78, 5) is 56.0. The van der Waals surface area contributed by atoms with Crippen molar-refractivity contribution in [3.63, 3.8) is 0 Å². The van der Waals surface area contributed by atoms with Gasteiger partial charge in [-0.05, 0) is 30.2 Å². The van der Waals surface area contributed by atoms with E-state index >= 15 is 0 Å². The monoisotopic (exact) mass is 437 g/mol. The van der Waals surface area contributed by atoms with Crippen LogP contribution in [0.2, 0.25) is 0 Å². The smallest absolute Gasteiger partial charge is 0.241 e. The van der Waals surface area contributed by atoms with E-state index in [-0.39, 0.29) is 11.1 Å². The Morgan fingerprint density at radius 2 is 1.39 bits per heavy atom. The van der Waals surface area contributed by atoms with Crippen LogP contribution in [0.25, 0.3) is 0 Å². The molecule has 2 saturated heterocycles. The molecule has 0 bridgehead atoms. The van der Waals surface area contributed by atoms with Crippen molar-refractivity contribution in [2.45, 2.75) is 18.6 Å². The number of benzene rings is 3. The molecular formula is C27H19NO5. The lowest BCUT2D eigenvalue weighted by Gasteiger charge is -2.27. The number of ketones is 2. The second-order valence-corrected chi connectivity index (χ2v) is 8.74. The van der Waals surface area contributed by atoms with E-state index in [4.69, 9.17) is 4.74 Å². The summed E-state index contributed by atoms with van der Waals surface area (Å²) in [6, 6.07) is 22.5. The average molecular weight is 437 g/mol. The summed E-state index contributed by atoms with van der Waals surface area (Å²) in [5.41, 5.74) is 0.370. The third kappa shape index (κ3) is 2.47. The van der Waals surface area contributed by atoms with Gasteiger partial charge in [-0.2, -0.15) is 0 Å². The Hall–Kier alpha value is -3.90. The summed E-state index contributed by atoms with van der Waals surface area (Å²) >= 11 is 0. The molecule has 6 heteroatoms. The standard InChI is InChI=1S/C27H19NO5/c1-15-8-7-11-17(14-15)28-25(31)20-21(26(28)32)27(33-22(20)16-9-3-2-4-10-16)23(29)18-12-5-6-13-19(18)24(27)30/h2-14,20-22H,1H3/t20-,21+,22+/m0/s1. The van der Waals surface area contributed by atoms with Crippen LogP contribution in [-0.2, 0) is 14.3 Å². The van der Waals surface area contributed by atoms with Gasteiger partial charge in [-0.1, -0.05) is 66.7 Å². The number of anilines is 1. The number of hydrogen-bond acceptors (Lipinski definition) is 5. The van der Waals surface area contributed by atoms with Crippen molar-refractivity contribution >= 4 is 29.1 Å². The number of rotatable bonds is 2. The van der Waals surface area contributed by atoms with E-state index in [0.29, 0.717) is 11.3 Å². The molecule has 0 aromatic heterocycles. The van der Waals surface area contributed by atoms with Crippen LogP contribution in [0.5, 0.6) is 0 Å². The highest BCUT2D eigenvalue weighted by molar-refractivity contribution is 6.37. The molecule has 0 N–H and O–H groups in total. The van der Waals surface area contributed by atoms with Gasteiger partial charge >= 0.3 is 0 Å². The van der Waals surface area contributed by atoms with Gasteiger partial charge in [0.15, 0.2) is 0 Å². The van der Waals surface area contributed by atoms with E-state index in [0.717, 1.165) is 10.5 Å². The topological polar surface area (TPSA) is 80.8 Å². The van der Waals surface area contributed by atoms with Crippen LogP contribution in [0.3, 0.4) is 0 Å². The van der Waals surface area contributed by atoms with Gasteiger partial charge in [0.1, 0.15) is 0 Å². The van der Waals surface area contributed by atoms with Crippen molar-refractivity contribution in [1.82, 2.24) is 0 Å². The molecule has 3 aliphatic rings. The summed E-state index contributed by atoms with van der Waals surface area (Å²) in [6.45, 7) is 1.87. The number of aryl methyl sites for hydroxylation is 1. The molecule has 2 fully saturated rings. The molecule has 2 heterocycles. The number of carbonyl (C=O) groups is 4. The summed E-state index contributed by atoms with van der Waals surface area (Å²) in [7, 11) is 0. The molecule has 0 radical (unpaired) electrons. The van der Waals surface area contributed by atoms with Gasteiger partial charge in [-0.3, -0.25) is 19.2 Å². The van der Waals surface area contributed by atoms with Gasteiger partial charge < -0.3 is 4.74 Å². The Bertz CT molecular complexity index is 1330. The van der Waals surface area contributed by atoms with Crippen molar-refractivity contribution in [1.29, 1.82) is 0 Å². The lowest BCUT2D eigenvalue weighted by atomic mass is 9.77. The highest BCUT2D eigenvalue weighted by Crippen LogP contribution is 2.57. The van der Waals surface area contributed by atoms with Crippen molar-refractivity contribution in [2.75, 3.05) is 4.90 Å². The van der Waals surface area contributed by atoms with Gasteiger partial charge in [0.2, 0.25) is 29.0 Å². The summed E-state index contributed by atoms with van der Waals surface area (Å²) < 4.78 is 6.25. The number of ether oxygens (including phenoxy) is 1. The van der Waals surface area contributed by atoms with Crippen molar-refractivity contribution in [3.05, 3.63) is 101 Å². The van der Waals surface area contributed by atoms with Crippen LogP contribution in [0.4, 0.5) is 5.69 Å². The predicted octanol–water partition coefficient (Wildman–Crippen LogP) is 3.69. The minimum Gasteiger partial charge on any atom is -0.349 e. The van der Waals surface area contributed by atoms with Crippen LogP contribution in [-0.4, -0.2) is 29.0 Å². The molecule has 3 aromatic rings.